The van der Waals surface area contributed by atoms with Gasteiger partial charge in [0.2, 0.25) is 0 Å². The minimum atomic E-state index is 0.414. The third kappa shape index (κ3) is 2.37. The molecule has 2 rings (SSSR count). The Morgan fingerprint density at radius 1 is 1.24 bits per heavy atom. The van der Waals surface area contributed by atoms with E-state index < -0.39 is 0 Å². The van der Waals surface area contributed by atoms with Gasteiger partial charge in [0.1, 0.15) is 6.33 Å². The minimum Gasteiger partial charge on any atom is -0.218 e. The first-order valence-corrected chi connectivity index (χ1v) is 6.86. The summed E-state index contributed by atoms with van der Waals surface area (Å²) in [5, 5.41) is 4.33. The fourth-order valence-electron chi connectivity index (χ4n) is 2.43. The van der Waals surface area contributed by atoms with Gasteiger partial charge in [-0.1, -0.05) is 36.7 Å². The summed E-state index contributed by atoms with van der Waals surface area (Å²) < 4.78 is 1.95. The van der Waals surface area contributed by atoms with E-state index in [2.05, 4.69) is 65.8 Å². The van der Waals surface area contributed by atoms with Gasteiger partial charge in [-0.15, -0.1) is 0 Å². The molecule has 92 valence electrons. The first-order chi connectivity index (χ1) is 8.00. The number of halogens is 1. The molecule has 0 fully saturated rings. The molecule has 2 aromatic heterocycles. The maximum absolute atomic E-state index is 4.33. The van der Waals surface area contributed by atoms with Gasteiger partial charge in [-0.3, -0.25) is 0 Å². The smallest absolute Gasteiger partial charge is 0.155 e. The third-order valence-electron chi connectivity index (χ3n) is 3.11. The lowest BCUT2D eigenvalue weighted by atomic mass is 9.89. The number of aryl methyl sites for hydroxylation is 1. The van der Waals surface area contributed by atoms with Crippen LogP contribution in [0.2, 0.25) is 0 Å². The molecule has 17 heavy (non-hydrogen) atoms. The Bertz CT molecular complexity index is 508. The van der Waals surface area contributed by atoms with E-state index in [-0.39, 0.29) is 0 Å². The Hall–Kier alpha value is -0.900. The first-order valence-electron chi connectivity index (χ1n) is 5.95. The summed E-state index contributed by atoms with van der Waals surface area (Å²) in [5.74, 6) is 0.984. The summed E-state index contributed by atoms with van der Waals surface area (Å²) in [6, 6.07) is 4.27. The van der Waals surface area contributed by atoms with Crippen LogP contribution in [0.5, 0.6) is 0 Å². The SMILES string of the molecule is Cc1cc(C(C(C)C)C(C)Br)n2ncnc2c1. The maximum atomic E-state index is 4.33. The van der Waals surface area contributed by atoms with Crippen molar-refractivity contribution in [1.82, 2.24) is 14.6 Å². The molecule has 4 heteroatoms. The van der Waals surface area contributed by atoms with Crippen LogP contribution in [0.15, 0.2) is 18.5 Å². The molecule has 0 radical (unpaired) electrons. The predicted octanol–water partition coefficient (Wildman–Crippen LogP) is 3.56. The fourth-order valence-corrected chi connectivity index (χ4v) is 3.31. The van der Waals surface area contributed by atoms with Crippen LogP contribution < -0.4 is 0 Å². The molecule has 0 spiro atoms. The van der Waals surface area contributed by atoms with Crippen LogP contribution in [0.25, 0.3) is 5.65 Å². The van der Waals surface area contributed by atoms with Gasteiger partial charge in [-0.25, -0.2) is 9.50 Å². The fraction of sp³-hybridized carbons (Fsp3) is 0.538. The molecule has 2 heterocycles. The third-order valence-corrected chi connectivity index (χ3v) is 3.68. The van der Waals surface area contributed by atoms with E-state index >= 15 is 0 Å². The Balaban J connectivity index is 2.63. The largest absolute Gasteiger partial charge is 0.218 e. The molecule has 0 saturated heterocycles. The van der Waals surface area contributed by atoms with Gasteiger partial charge in [-0.2, -0.15) is 5.10 Å². The molecule has 0 aromatic carbocycles. The van der Waals surface area contributed by atoms with Gasteiger partial charge in [0.15, 0.2) is 5.65 Å². The molecule has 0 saturated carbocycles. The quantitative estimate of drug-likeness (QED) is 0.811. The molecule has 0 bridgehead atoms. The standard InChI is InChI=1S/C13H18BrN3/c1-8(2)13(10(4)14)11-5-9(3)6-12-15-7-16-17(11)12/h5-8,10,13H,1-4H3. The van der Waals surface area contributed by atoms with Crippen molar-refractivity contribution < 1.29 is 0 Å². The van der Waals surface area contributed by atoms with Crippen LogP contribution in [0, 0.1) is 12.8 Å². The van der Waals surface area contributed by atoms with E-state index in [1.165, 1.54) is 11.3 Å². The zero-order valence-electron chi connectivity index (χ0n) is 10.7. The van der Waals surface area contributed by atoms with Gasteiger partial charge >= 0.3 is 0 Å². The molecular weight excluding hydrogens is 278 g/mol. The Labute approximate surface area is 110 Å². The summed E-state index contributed by atoms with van der Waals surface area (Å²) in [5.41, 5.74) is 3.40. The summed E-state index contributed by atoms with van der Waals surface area (Å²) in [4.78, 5) is 4.69. The molecule has 0 amide bonds. The van der Waals surface area contributed by atoms with Gasteiger partial charge in [0.25, 0.3) is 0 Å². The molecule has 0 N–H and O–H groups in total. The normalized spacial score (nSPS) is 15.4. The van der Waals surface area contributed by atoms with Crippen molar-refractivity contribution in [2.24, 2.45) is 5.92 Å². The average Bonchev–Trinajstić information content (AvgIpc) is 2.63. The number of rotatable bonds is 3. The number of aromatic nitrogens is 3. The summed E-state index contributed by atoms with van der Waals surface area (Å²) >= 11 is 3.72. The van der Waals surface area contributed by atoms with Crippen LogP contribution >= 0.6 is 15.9 Å². The summed E-state index contributed by atoms with van der Waals surface area (Å²) in [7, 11) is 0. The van der Waals surface area contributed by atoms with Crippen LogP contribution in [-0.4, -0.2) is 19.4 Å². The number of fused-ring (bicyclic) bond motifs is 1. The lowest BCUT2D eigenvalue weighted by Crippen LogP contribution is -2.19. The van der Waals surface area contributed by atoms with E-state index in [1.807, 2.05) is 4.52 Å². The number of nitrogens with zero attached hydrogens (tertiary/aromatic N) is 3. The van der Waals surface area contributed by atoms with Gasteiger partial charge in [0, 0.05) is 16.4 Å². The molecule has 3 nitrogen and oxygen atoms in total. The van der Waals surface area contributed by atoms with E-state index in [9.17, 15) is 0 Å². The Morgan fingerprint density at radius 3 is 2.53 bits per heavy atom. The second-order valence-corrected chi connectivity index (χ2v) is 6.38. The summed E-state index contributed by atoms with van der Waals surface area (Å²) in [6.45, 7) is 8.78. The Kier molecular flexibility index (Phi) is 3.52. The monoisotopic (exact) mass is 295 g/mol. The van der Waals surface area contributed by atoms with E-state index in [0.717, 1.165) is 5.65 Å². The van der Waals surface area contributed by atoms with E-state index in [4.69, 9.17) is 0 Å². The second kappa shape index (κ2) is 4.77. The second-order valence-electron chi connectivity index (χ2n) is 4.93. The van der Waals surface area contributed by atoms with Gasteiger partial charge in [-0.05, 0) is 30.5 Å². The van der Waals surface area contributed by atoms with Crippen LogP contribution in [0.3, 0.4) is 0 Å². The molecule has 0 aliphatic heterocycles. The van der Waals surface area contributed by atoms with E-state index in [0.29, 0.717) is 16.7 Å². The van der Waals surface area contributed by atoms with E-state index in [1.54, 1.807) is 6.33 Å². The lowest BCUT2D eigenvalue weighted by Gasteiger charge is -2.24. The zero-order valence-corrected chi connectivity index (χ0v) is 12.3. The van der Waals surface area contributed by atoms with Crippen molar-refractivity contribution in [1.29, 1.82) is 0 Å². The molecule has 2 aromatic rings. The predicted molar refractivity (Wildman–Crippen MR) is 73.7 cm³/mol. The van der Waals surface area contributed by atoms with Crippen LogP contribution in [0.4, 0.5) is 0 Å². The van der Waals surface area contributed by atoms with Crippen molar-refractivity contribution in [3.63, 3.8) is 0 Å². The first kappa shape index (κ1) is 12.6. The van der Waals surface area contributed by atoms with Crippen molar-refractivity contribution in [2.45, 2.75) is 38.4 Å². The van der Waals surface area contributed by atoms with Crippen molar-refractivity contribution in [3.8, 4) is 0 Å². The molecule has 2 atom stereocenters. The highest BCUT2D eigenvalue weighted by atomic mass is 79.9. The zero-order chi connectivity index (χ0) is 12.6. The van der Waals surface area contributed by atoms with Gasteiger partial charge in [0.05, 0.1) is 0 Å². The Morgan fingerprint density at radius 2 is 1.94 bits per heavy atom. The van der Waals surface area contributed by atoms with Crippen molar-refractivity contribution in [2.75, 3.05) is 0 Å². The molecule has 0 aliphatic carbocycles. The summed E-state index contributed by atoms with van der Waals surface area (Å²) in [6.07, 6.45) is 1.62. The number of alkyl halides is 1. The maximum Gasteiger partial charge on any atom is 0.155 e. The molecule has 2 unspecified atom stereocenters. The highest BCUT2D eigenvalue weighted by molar-refractivity contribution is 9.09. The highest BCUT2D eigenvalue weighted by Gasteiger charge is 2.24. The van der Waals surface area contributed by atoms with Crippen molar-refractivity contribution in [3.05, 3.63) is 29.7 Å². The lowest BCUT2D eigenvalue weighted by molar-refractivity contribution is 0.478. The van der Waals surface area contributed by atoms with Crippen molar-refractivity contribution >= 4 is 21.6 Å². The average molecular weight is 296 g/mol. The van der Waals surface area contributed by atoms with Crippen LogP contribution in [0.1, 0.15) is 37.9 Å². The van der Waals surface area contributed by atoms with Crippen LogP contribution in [-0.2, 0) is 0 Å². The minimum absolute atomic E-state index is 0.414. The highest BCUT2D eigenvalue weighted by Crippen LogP contribution is 2.32. The molecular formula is C13H18BrN3. The number of hydrogen-bond acceptors (Lipinski definition) is 2. The molecule has 0 aliphatic rings. The van der Waals surface area contributed by atoms with Gasteiger partial charge < -0.3 is 0 Å². The number of pyridine rings is 1. The topological polar surface area (TPSA) is 30.2 Å². The number of hydrogen-bond donors (Lipinski definition) is 0.